The van der Waals surface area contributed by atoms with Crippen molar-refractivity contribution in [1.29, 1.82) is 0 Å². The molecule has 2 aromatic rings. The summed E-state index contributed by atoms with van der Waals surface area (Å²) in [5, 5.41) is 2.90. The zero-order chi connectivity index (χ0) is 12.3. The van der Waals surface area contributed by atoms with Crippen LogP contribution in [0.2, 0.25) is 0 Å². The van der Waals surface area contributed by atoms with Gasteiger partial charge in [-0.25, -0.2) is 4.39 Å². The summed E-state index contributed by atoms with van der Waals surface area (Å²) in [4.78, 5) is 0. The van der Waals surface area contributed by atoms with Crippen molar-refractivity contribution in [3.63, 3.8) is 0 Å². The van der Waals surface area contributed by atoms with Crippen LogP contribution >= 0.6 is 0 Å². The number of hydrogen-bond donors (Lipinski definition) is 1. The Morgan fingerprint density at radius 3 is 2.29 bits per heavy atom. The molecule has 2 aromatic carbocycles. The smallest absolute Gasteiger partial charge is 0.133 e. The van der Waals surface area contributed by atoms with Gasteiger partial charge >= 0.3 is 0 Å². The minimum atomic E-state index is -0.234. The predicted octanol–water partition coefficient (Wildman–Crippen LogP) is 3.54. The van der Waals surface area contributed by atoms with Gasteiger partial charge in [-0.3, -0.25) is 0 Å². The van der Waals surface area contributed by atoms with E-state index in [0.717, 1.165) is 17.0 Å². The zero-order valence-corrected chi connectivity index (χ0v) is 9.83. The predicted molar refractivity (Wildman–Crippen MR) is 67.9 cm³/mol. The largest absolute Gasteiger partial charge is 0.497 e. The van der Waals surface area contributed by atoms with E-state index in [2.05, 4.69) is 5.32 Å². The minimum Gasteiger partial charge on any atom is -0.497 e. The molecule has 1 N–H and O–H groups in total. The summed E-state index contributed by atoms with van der Waals surface area (Å²) in [7, 11) is 3.37. The molecule has 17 heavy (non-hydrogen) atoms. The number of halogens is 1. The Morgan fingerprint density at radius 1 is 1.06 bits per heavy atom. The first-order valence-electron chi connectivity index (χ1n) is 5.36. The van der Waals surface area contributed by atoms with E-state index >= 15 is 0 Å². The number of rotatable bonds is 3. The number of nitrogens with one attached hydrogen (secondary N) is 1. The van der Waals surface area contributed by atoms with Crippen molar-refractivity contribution in [1.82, 2.24) is 0 Å². The van der Waals surface area contributed by atoms with Crippen molar-refractivity contribution >= 4 is 5.69 Å². The van der Waals surface area contributed by atoms with Crippen molar-refractivity contribution in [2.24, 2.45) is 0 Å². The molecule has 0 aromatic heterocycles. The summed E-state index contributed by atoms with van der Waals surface area (Å²) in [5.74, 6) is 0.531. The first kappa shape index (κ1) is 11.5. The summed E-state index contributed by atoms with van der Waals surface area (Å²) in [6.45, 7) is 0. The second-order valence-corrected chi connectivity index (χ2v) is 3.67. The van der Waals surface area contributed by atoms with Gasteiger partial charge in [-0.15, -0.1) is 0 Å². The van der Waals surface area contributed by atoms with Crippen LogP contribution in [0, 0.1) is 5.82 Å². The third-order valence-electron chi connectivity index (χ3n) is 2.66. The highest BCUT2D eigenvalue weighted by Crippen LogP contribution is 2.26. The van der Waals surface area contributed by atoms with E-state index < -0.39 is 0 Å². The second kappa shape index (κ2) is 4.87. The quantitative estimate of drug-likeness (QED) is 0.872. The zero-order valence-electron chi connectivity index (χ0n) is 9.83. The van der Waals surface area contributed by atoms with E-state index in [1.54, 1.807) is 20.2 Å². The van der Waals surface area contributed by atoms with Crippen molar-refractivity contribution in [3.05, 3.63) is 48.3 Å². The maximum Gasteiger partial charge on any atom is 0.133 e. The molecule has 0 spiro atoms. The van der Waals surface area contributed by atoms with Gasteiger partial charge < -0.3 is 10.1 Å². The molecular weight excluding hydrogens is 217 g/mol. The van der Waals surface area contributed by atoms with Crippen molar-refractivity contribution in [3.8, 4) is 16.9 Å². The van der Waals surface area contributed by atoms with Gasteiger partial charge in [-0.05, 0) is 35.9 Å². The van der Waals surface area contributed by atoms with Gasteiger partial charge in [0, 0.05) is 18.3 Å². The van der Waals surface area contributed by atoms with E-state index in [-0.39, 0.29) is 5.82 Å². The third kappa shape index (κ3) is 2.38. The lowest BCUT2D eigenvalue weighted by Crippen LogP contribution is -1.91. The molecule has 88 valence electrons. The van der Waals surface area contributed by atoms with Gasteiger partial charge in [0.15, 0.2) is 0 Å². The molecule has 0 aliphatic rings. The van der Waals surface area contributed by atoms with Gasteiger partial charge in [0.2, 0.25) is 0 Å². The molecule has 0 saturated carbocycles. The highest BCUT2D eigenvalue weighted by molar-refractivity contribution is 5.67. The maximum atomic E-state index is 13.8. The number of anilines is 1. The molecular formula is C14H14FNO. The fourth-order valence-electron chi connectivity index (χ4n) is 1.68. The highest BCUT2D eigenvalue weighted by atomic mass is 19.1. The summed E-state index contributed by atoms with van der Waals surface area (Å²) in [6.07, 6.45) is 0. The molecule has 0 unspecified atom stereocenters. The SMILES string of the molecule is CNc1ccc(-c2ccc(OC)cc2)c(F)c1. The van der Waals surface area contributed by atoms with Crippen molar-refractivity contribution in [2.75, 3.05) is 19.5 Å². The summed E-state index contributed by atoms with van der Waals surface area (Å²) in [5.41, 5.74) is 2.19. The van der Waals surface area contributed by atoms with E-state index in [4.69, 9.17) is 4.74 Å². The van der Waals surface area contributed by atoms with Gasteiger partial charge in [0.05, 0.1) is 7.11 Å². The van der Waals surface area contributed by atoms with Gasteiger partial charge in [-0.2, -0.15) is 0 Å². The van der Waals surface area contributed by atoms with Crippen LogP contribution in [0.5, 0.6) is 5.75 Å². The Labute approximate surface area is 100 Å². The van der Waals surface area contributed by atoms with Crippen LogP contribution in [-0.4, -0.2) is 14.2 Å². The molecule has 2 nitrogen and oxygen atoms in total. The van der Waals surface area contributed by atoms with Crippen LogP contribution in [0.25, 0.3) is 11.1 Å². The molecule has 3 heteroatoms. The molecule has 0 fully saturated rings. The Kier molecular flexibility index (Phi) is 3.28. The number of hydrogen-bond acceptors (Lipinski definition) is 2. The summed E-state index contributed by atoms with van der Waals surface area (Å²) >= 11 is 0. The Balaban J connectivity index is 2.38. The standard InChI is InChI=1S/C14H14FNO/c1-16-11-5-8-13(14(15)9-11)10-3-6-12(17-2)7-4-10/h3-9,16H,1-2H3. The maximum absolute atomic E-state index is 13.8. The fraction of sp³-hybridized carbons (Fsp3) is 0.143. The lowest BCUT2D eigenvalue weighted by atomic mass is 10.0. The molecule has 0 radical (unpaired) electrons. The van der Waals surface area contributed by atoms with Crippen LogP contribution < -0.4 is 10.1 Å². The minimum absolute atomic E-state index is 0.234. The van der Waals surface area contributed by atoms with Gasteiger partial charge in [0.1, 0.15) is 11.6 Å². The molecule has 0 bridgehead atoms. The summed E-state index contributed by atoms with van der Waals surface area (Å²) < 4.78 is 18.9. The van der Waals surface area contributed by atoms with Crippen LogP contribution in [0.4, 0.5) is 10.1 Å². The average molecular weight is 231 g/mol. The van der Waals surface area contributed by atoms with Crippen molar-refractivity contribution < 1.29 is 9.13 Å². The Morgan fingerprint density at radius 2 is 1.76 bits per heavy atom. The fourth-order valence-corrected chi connectivity index (χ4v) is 1.68. The van der Waals surface area contributed by atoms with Crippen LogP contribution in [-0.2, 0) is 0 Å². The molecule has 2 rings (SSSR count). The Hall–Kier alpha value is -2.03. The lowest BCUT2D eigenvalue weighted by molar-refractivity contribution is 0.415. The normalized spacial score (nSPS) is 10.1. The summed E-state index contributed by atoms with van der Waals surface area (Å²) in [6, 6.07) is 12.4. The second-order valence-electron chi connectivity index (χ2n) is 3.67. The van der Waals surface area contributed by atoms with E-state index in [1.165, 1.54) is 6.07 Å². The topological polar surface area (TPSA) is 21.3 Å². The lowest BCUT2D eigenvalue weighted by Gasteiger charge is -2.07. The number of benzene rings is 2. The molecule has 0 atom stereocenters. The van der Waals surface area contributed by atoms with Crippen LogP contribution in [0.1, 0.15) is 0 Å². The van der Waals surface area contributed by atoms with E-state index in [9.17, 15) is 4.39 Å². The molecule has 0 saturated heterocycles. The average Bonchev–Trinajstić information content (AvgIpc) is 2.39. The van der Waals surface area contributed by atoms with Crippen LogP contribution in [0.3, 0.4) is 0 Å². The van der Waals surface area contributed by atoms with Gasteiger partial charge in [-0.1, -0.05) is 12.1 Å². The Bertz CT molecular complexity index is 508. The first-order valence-corrected chi connectivity index (χ1v) is 5.36. The van der Waals surface area contributed by atoms with E-state index in [0.29, 0.717) is 5.56 Å². The first-order chi connectivity index (χ1) is 8.24. The third-order valence-corrected chi connectivity index (χ3v) is 2.66. The molecule has 0 amide bonds. The molecule has 0 aliphatic heterocycles. The monoisotopic (exact) mass is 231 g/mol. The van der Waals surface area contributed by atoms with Gasteiger partial charge in [0.25, 0.3) is 0 Å². The highest BCUT2D eigenvalue weighted by Gasteiger charge is 2.05. The molecule has 0 aliphatic carbocycles. The van der Waals surface area contributed by atoms with Crippen molar-refractivity contribution in [2.45, 2.75) is 0 Å². The van der Waals surface area contributed by atoms with E-state index in [1.807, 2.05) is 30.3 Å². The molecule has 0 heterocycles. The number of methoxy groups -OCH3 is 1. The number of ether oxygens (including phenoxy) is 1. The van der Waals surface area contributed by atoms with Crippen LogP contribution in [0.15, 0.2) is 42.5 Å².